The number of rotatable bonds is 4. The van der Waals surface area contributed by atoms with Crippen LogP contribution in [-0.2, 0) is 0 Å². The Morgan fingerprint density at radius 2 is 1.70 bits per heavy atom. The first-order chi connectivity index (χ1) is 12.8. The van der Waals surface area contributed by atoms with E-state index in [4.69, 9.17) is 21.6 Å². The van der Waals surface area contributed by atoms with Crippen LogP contribution in [0.5, 0.6) is 11.5 Å². The van der Waals surface area contributed by atoms with Gasteiger partial charge in [0.1, 0.15) is 17.3 Å². The fraction of sp³-hybridized carbons (Fsp3) is 0.263. The van der Waals surface area contributed by atoms with Crippen molar-refractivity contribution in [2.75, 3.05) is 6.54 Å². The number of ether oxygens (including phenoxy) is 1. The van der Waals surface area contributed by atoms with E-state index < -0.39 is 18.4 Å². The van der Waals surface area contributed by atoms with Crippen LogP contribution in [0, 0.1) is 5.41 Å². The molecule has 3 rings (SSSR count). The number of hydrogen-bond donors (Lipinski definition) is 3. The number of halogens is 2. The zero-order valence-electron chi connectivity index (χ0n) is 14.6. The first-order valence-electron chi connectivity index (χ1n) is 8.49. The van der Waals surface area contributed by atoms with Gasteiger partial charge in [-0.1, -0.05) is 18.2 Å². The van der Waals surface area contributed by atoms with Gasteiger partial charge >= 0.3 is 0 Å². The highest BCUT2D eigenvalue weighted by molar-refractivity contribution is 5.92. The number of aliphatic imine (C=N–C) groups is 1. The summed E-state index contributed by atoms with van der Waals surface area (Å²) in [6, 6.07) is 15.2. The number of nitrogens with zero attached hydrogens (tertiary/aromatic N) is 2. The molecular weight excluding hydrogens is 352 g/mol. The number of alkyl halides is 2. The third-order valence-corrected chi connectivity index (χ3v) is 4.31. The molecule has 0 radical (unpaired) electrons. The fourth-order valence-electron chi connectivity index (χ4n) is 2.92. The average Bonchev–Trinajstić information content (AvgIpc) is 2.63. The quantitative estimate of drug-likeness (QED) is 0.564. The van der Waals surface area contributed by atoms with E-state index in [1.807, 2.05) is 30.3 Å². The summed E-state index contributed by atoms with van der Waals surface area (Å²) in [6.45, 7) is -0.0346. The molecule has 142 valence electrons. The van der Waals surface area contributed by atoms with Crippen LogP contribution in [0.2, 0.25) is 0 Å². The Bertz CT molecular complexity index is 824. The summed E-state index contributed by atoms with van der Waals surface area (Å²) in [7, 11) is 0. The topological polar surface area (TPSA) is 101 Å². The Balaban J connectivity index is 1.75. The SMILES string of the molecule is N=C(N)N1CCC(F)(F)CC1C(N)=Nc1ccc(Oc2ccccc2)cc1. The van der Waals surface area contributed by atoms with Crippen molar-refractivity contribution < 1.29 is 13.5 Å². The molecular formula is C19H21F2N5O. The van der Waals surface area contributed by atoms with E-state index in [2.05, 4.69) is 4.99 Å². The molecule has 2 aromatic carbocycles. The van der Waals surface area contributed by atoms with Gasteiger partial charge in [0.15, 0.2) is 5.96 Å². The van der Waals surface area contributed by atoms with E-state index in [9.17, 15) is 8.78 Å². The van der Waals surface area contributed by atoms with Gasteiger partial charge in [-0.25, -0.2) is 13.8 Å². The summed E-state index contributed by atoms with van der Waals surface area (Å²) in [5, 5.41) is 7.59. The first kappa shape index (κ1) is 18.6. The fourth-order valence-corrected chi connectivity index (χ4v) is 2.92. The van der Waals surface area contributed by atoms with Crippen LogP contribution in [0.4, 0.5) is 14.5 Å². The van der Waals surface area contributed by atoms with Gasteiger partial charge in [-0.2, -0.15) is 0 Å². The largest absolute Gasteiger partial charge is 0.457 e. The Morgan fingerprint density at radius 1 is 1.07 bits per heavy atom. The lowest BCUT2D eigenvalue weighted by Crippen LogP contribution is -2.56. The number of para-hydroxylation sites is 1. The molecule has 6 nitrogen and oxygen atoms in total. The molecule has 0 saturated carbocycles. The lowest BCUT2D eigenvalue weighted by atomic mass is 9.98. The van der Waals surface area contributed by atoms with Gasteiger partial charge < -0.3 is 21.1 Å². The summed E-state index contributed by atoms with van der Waals surface area (Å²) in [5.74, 6) is -1.82. The Kier molecular flexibility index (Phi) is 5.25. The minimum absolute atomic E-state index is 0.00121. The summed E-state index contributed by atoms with van der Waals surface area (Å²) in [4.78, 5) is 5.59. The lowest BCUT2D eigenvalue weighted by molar-refractivity contribution is -0.0526. The molecule has 0 amide bonds. The van der Waals surface area contributed by atoms with Crippen molar-refractivity contribution in [1.29, 1.82) is 5.41 Å². The average molecular weight is 373 g/mol. The van der Waals surface area contributed by atoms with E-state index in [1.165, 1.54) is 4.90 Å². The van der Waals surface area contributed by atoms with Gasteiger partial charge in [0.25, 0.3) is 5.92 Å². The summed E-state index contributed by atoms with van der Waals surface area (Å²) in [6.07, 6.45) is -0.876. The molecule has 1 fully saturated rings. The summed E-state index contributed by atoms with van der Waals surface area (Å²) in [5.41, 5.74) is 12.0. The van der Waals surface area contributed by atoms with Crippen molar-refractivity contribution in [2.24, 2.45) is 16.5 Å². The predicted molar refractivity (Wildman–Crippen MR) is 101 cm³/mol. The molecule has 1 saturated heterocycles. The first-order valence-corrected chi connectivity index (χ1v) is 8.49. The number of piperidine rings is 1. The zero-order valence-corrected chi connectivity index (χ0v) is 14.6. The smallest absolute Gasteiger partial charge is 0.252 e. The number of benzene rings is 2. The van der Waals surface area contributed by atoms with Crippen molar-refractivity contribution in [3.05, 3.63) is 54.6 Å². The minimum Gasteiger partial charge on any atom is -0.457 e. The molecule has 1 atom stereocenters. The van der Waals surface area contributed by atoms with E-state index in [-0.39, 0.29) is 24.8 Å². The number of hydrogen-bond acceptors (Lipinski definition) is 3. The molecule has 27 heavy (non-hydrogen) atoms. The van der Waals surface area contributed by atoms with E-state index in [0.29, 0.717) is 17.2 Å². The van der Waals surface area contributed by atoms with Crippen LogP contribution < -0.4 is 16.2 Å². The second kappa shape index (κ2) is 7.61. The van der Waals surface area contributed by atoms with E-state index in [1.54, 1.807) is 24.3 Å². The normalized spacial score (nSPS) is 19.6. The number of likely N-dealkylation sites (tertiary alicyclic amines) is 1. The van der Waals surface area contributed by atoms with Gasteiger partial charge in [-0.15, -0.1) is 0 Å². The van der Waals surface area contributed by atoms with Crippen molar-refractivity contribution in [3.8, 4) is 11.5 Å². The van der Waals surface area contributed by atoms with Gasteiger partial charge in [0.05, 0.1) is 11.7 Å². The molecule has 0 bridgehead atoms. The molecule has 1 heterocycles. The third-order valence-electron chi connectivity index (χ3n) is 4.31. The summed E-state index contributed by atoms with van der Waals surface area (Å²) < 4.78 is 33.3. The van der Waals surface area contributed by atoms with E-state index in [0.717, 1.165) is 0 Å². The van der Waals surface area contributed by atoms with Gasteiger partial charge in [-0.3, -0.25) is 5.41 Å². The highest BCUT2D eigenvalue weighted by Gasteiger charge is 2.42. The van der Waals surface area contributed by atoms with Crippen LogP contribution in [0.1, 0.15) is 12.8 Å². The van der Waals surface area contributed by atoms with Crippen molar-refractivity contribution in [1.82, 2.24) is 4.90 Å². The molecule has 1 aliphatic rings. The van der Waals surface area contributed by atoms with Crippen molar-refractivity contribution in [3.63, 3.8) is 0 Å². The predicted octanol–water partition coefficient (Wildman–Crippen LogP) is 3.46. The molecule has 1 unspecified atom stereocenters. The highest BCUT2D eigenvalue weighted by Crippen LogP contribution is 2.32. The number of guanidine groups is 1. The van der Waals surface area contributed by atoms with Crippen LogP contribution in [0.25, 0.3) is 0 Å². The van der Waals surface area contributed by atoms with Gasteiger partial charge in [0.2, 0.25) is 0 Å². The lowest BCUT2D eigenvalue weighted by Gasteiger charge is -2.39. The monoisotopic (exact) mass is 373 g/mol. The number of nitrogens with two attached hydrogens (primary N) is 2. The molecule has 0 aromatic heterocycles. The van der Waals surface area contributed by atoms with Crippen molar-refractivity contribution in [2.45, 2.75) is 24.8 Å². The zero-order chi connectivity index (χ0) is 19.4. The molecule has 2 aromatic rings. The van der Waals surface area contributed by atoms with Crippen LogP contribution in [0.15, 0.2) is 59.6 Å². The maximum atomic E-state index is 13.8. The van der Waals surface area contributed by atoms with Crippen LogP contribution in [0.3, 0.4) is 0 Å². The van der Waals surface area contributed by atoms with Gasteiger partial charge in [-0.05, 0) is 36.4 Å². The Labute approximate surface area is 156 Å². The standard InChI is InChI=1S/C19H21F2N5O/c20-19(21)10-11-26(18(23)24)16(12-19)17(22)25-13-6-8-15(9-7-13)27-14-4-2-1-3-5-14/h1-9,16H,10-12H2,(H2,22,25)(H3,23,24). The maximum absolute atomic E-state index is 13.8. The summed E-state index contributed by atoms with van der Waals surface area (Å²) >= 11 is 0. The molecule has 0 aliphatic carbocycles. The number of nitrogens with one attached hydrogen (secondary N) is 1. The molecule has 1 aliphatic heterocycles. The maximum Gasteiger partial charge on any atom is 0.252 e. The Morgan fingerprint density at radius 3 is 2.33 bits per heavy atom. The molecule has 5 N–H and O–H groups in total. The van der Waals surface area contributed by atoms with Crippen LogP contribution >= 0.6 is 0 Å². The minimum atomic E-state index is -2.86. The highest BCUT2D eigenvalue weighted by atomic mass is 19.3. The van der Waals surface area contributed by atoms with E-state index >= 15 is 0 Å². The molecule has 8 heteroatoms. The van der Waals surface area contributed by atoms with Crippen molar-refractivity contribution >= 4 is 17.5 Å². The van der Waals surface area contributed by atoms with Crippen LogP contribution in [-0.4, -0.2) is 35.2 Å². The second-order valence-corrected chi connectivity index (χ2v) is 6.35. The third kappa shape index (κ3) is 4.72. The van der Waals surface area contributed by atoms with Gasteiger partial charge in [0, 0.05) is 19.4 Å². The second-order valence-electron chi connectivity index (χ2n) is 6.35. The molecule has 0 spiro atoms. The number of amidine groups is 1. The Hall–Kier alpha value is -3.16.